The van der Waals surface area contributed by atoms with Crippen molar-refractivity contribution >= 4 is 29.5 Å². The zero-order chi connectivity index (χ0) is 17.3. The fourth-order valence-electron chi connectivity index (χ4n) is 2.39. The number of rotatable bonds is 2. The third-order valence-corrected chi connectivity index (χ3v) is 4.01. The molecule has 0 fully saturated rings. The van der Waals surface area contributed by atoms with Crippen molar-refractivity contribution in [2.24, 2.45) is 4.99 Å². The SMILES string of the molecule is CC(C)(C)c1ccc(C=C2N=C(c3cccc(Cl)c3)OC2=O)cc1. The third-order valence-electron chi connectivity index (χ3n) is 3.77. The molecular formula is C20H18ClNO2. The molecule has 0 aromatic heterocycles. The average Bonchev–Trinajstić information content (AvgIpc) is 2.88. The van der Waals surface area contributed by atoms with Gasteiger partial charge in [0.05, 0.1) is 0 Å². The number of esters is 1. The Hall–Kier alpha value is -2.39. The molecule has 2 aromatic rings. The Labute approximate surface area is 146 Å². The number of aliphatic imine (C=N–C) groups is 1. The van der Waals surface area contributed by atoms with Crippen LogP contribution in [-0.4, -0.2) is 11.9 Å². The molecule has 24 heavy (non-hydrogen) atoms. The van der Waals surface area contributed by atoms with Crippen molar-refractivity contribution in [1.29, 1.82) is 0 Å². The first-order chi connectivity index (χ1) is 11.3. The monoisotopic (exact) mass is 339 g/mol. The first-order valence-corrected chi connectivity index (χ1v) is 8.10. The summed E-state index contributed by atoms with van der Waals surface area (Å²) in [6.45, 7) is 6.49. The highest BCUT2D eigenvalue weighted by Gasteiger charge is 2.24. The Morgan fingerprint density at radius 1 is 1.08 bits per heavy atom. The average molecular weight is 340 g/mol. The molecule has 0 aliphatic carbocycles. The Kier molecular flexibility index (Phi) is 4.29. The molecule has 1 aliphatic heterocycles. The van der Waals surface area contributed by atoms with Crippen molar-refractivity contribution in [2.45, 2.75) is 26.2 Å². The van der Waals surface area contributed by atoms with Gasteiger partial charge in [0.1, 0.15) is 0 Å². The van der Waals surface area contributed by atoms with Crippen molar-refractivity contribution in [3.8, 4) is 0 Å². The van der Waals surface area contributed by atoms with E-state index in [1.807, 2.05) is 12.1 Å². The molecule has 0 unspecified atom stereocenters. The second-order valence-corrected chi connectivity index (χ2v) is 7.15. The number of cyclic esters (lactones) is 1. The van der Waals surface area contributed by atoms with Crippen LogP contribution in [0.4, 0.5) is 0 Å². The molecule has 2 aromatic carbocycles. The Morgan fingerprint density at radius 2 is 1.79 bits per heavy atom. The molecule has 0 bridgehead atoms. The Balaban J connectivity index is 1.88. The number of hydrogen-bond acceptors (Lipinski definition) is 3. The number of nitrogens with zero attached hydrogens (tertiary/aromatic N) is 1. The molecule has 4 heteroatoms. The topological polar surface area (TPSA) is 38.7 Å². The molecule has 0 N–H and O–H groups in total. The van der Waals surface area contributed by atoms with Gasteiger partial charge in [-0.15, -0.1) is 0 Å². The summed E-state index contributed by atoms with van der Waals surface area (Å²) < 4.78 is 5.25. The van der Waals surface area contributed by atoms with Gasteiger partial charge in [-0.25, -0.2) is 9.79 Å². The molecule has 1 heterocycles. The molecule has 0 radical (unpaired) electrons. The third kappa shape index (κ3) is 3.57. The predicted molar refractivity (Wildman–Crippen MR) is 97.2 cm³/mol. The van der Waals surface area contributed by atoms with Gasteiger partial charge in [-0.1, -0.05) is 62.7 Å². The van der Waals surface area contributed by atoms with Crippen LogP contribution in [0.1, 0.15) is 37.5 Å². The number of halogens is 1. The van der Waals surface area contributed by atoms with E-state index in [1.54, 1.807) is 30.3 Å². The van der Waals surface area contributed by atoms with Gasteiger partial charge in [0.15, 0.2) is 5.70 Å². The zero-order valence-electron chi connectivity index (χ0n) is 13.8. The van der Waals surface area contributed by atoms with E-state index in [1.165, 1.54) is 5.56 Å². The van der Waals surface area contributed by atoms with Crippen LogP contribution in [0.25, 0.3) is 6.08 Å². The number of hydrogen-bond donors (Lipinski definition) is 0. The van der Waals surface area contributed by atoms with Crippen LogP contribution in [0.5, 0.6) is 0 Å². The molecule has 0 amide bonds. The molecule has 0 saturated heterocycles. The molecule has 3 nitrogen and oxygen atoms in total. The summed E-state index contributed by atoms with van der Waals surface area (Å²) in [5.74, 6) is -0.176. The van der Waals surface area contributed by atoms with Crippen molar-refractivity contribution in [3.63, 3.8) is 0 Å². The standard InChI is InChI=1S/C20H18ClNO2/c1-20(2,3)15-9-7-13(8-10-15)11-17-19(23)24-18(22-17)14-5-4-6-16(21)12-14/h4-12H,1-3H3. The minimum Gasteiger partial charge on any atom is -0.402 e. The maximum absolute atomic E-state index is 12.0. The minimum atomic E-state index is -0.454. The Bertz CT molecular complexity index is 843. The summed E-state index contributed by atoms with van der Waals surface area (Å²) in [6, 6.07) is 15.2. The van der Waals surface area contributed by atoms with E-state index < -0.39 is 5.97 Å². The number of benzene rings is 2. The highest BCUT2D eigenvalue weighted by atomic mass is 35.5. The van der Waals surface area contributed by atoms with Gasteiger partial charge in [0, 0.05) is 10.6 Å². The lowest BCUT2D eigenvalue weighted by molar-refractivity contribution is -0.129. The van der Waals surface area contributed by atoms with Gasteiger partial charge in [-0.2, -0.15) is 0 Å². The van der Waals surface area contributed by atoms with Crippen LogP contribution in [0.2, 0.25) is 5.02 Å². The molecule has 0 saturated carbocycles. The smallest absolute Gasteiger partial charge is 0.363 e. The number of carbonyl (C=O) groups excluding carboxylic acids is 1. The quantitative estimate of drug-likeness (QED) is 0.571. The van der Waals surface area contributed by atoms with E-state index in [2.05, 4.69) is 37.9 Å². The van der Waals surface area contributed by atoms with Crippen molar-refractivity contribution in [3.05, 3.63) is 75.9 Å². The second-order valence-electron chi connectivity index (χ2n) is 6.72. The maximum atomic E-state index is 12.0. The fourth-order valence-corrected chi connectivity index (χ4v) is 2.58. The molecule has 122 valence electrons. The summed E-state index contributed by atoms with van der Waals surface area (Å²) in [5.41, 5.74) is 3.21. The van der Waals surface area contributed by atoms with Crippen LogP contribution < -0.4 is 0 Å². The summed E-state index contributed by atoms with van der Waals surface area (Å²) >= 11 is 5.97. The van der Waals surface area contributed by atoms with Crippen molar-refractivity contribution in [2.75, 3.05) is 0 Å². The highest BCUT2D eigenvalue weighted by Crippen LogP contribution is 2.24. The summed E-state index contributed by atoms with van der Waals surface area (Å²) in [4.78, 5) is 16.3. The maximum Gasteiger partial charge on any atom is 0.363 e. The van der Waals surface area contributed by atoms with Crippen molar-refractivity contribution < 1.29 is 9.53 Å². The van der Waals surface area contributed by atoms with Crippen LogP contribution in [0.15, 0.2) is 59.2 Å². The Morgan fingerprint density at radius 3 is 2.42 bits per heavy atom. The van der Waals surface area contributed by atoms with Gasteiger partial charge < -0.3 is 4.74 Å². The highest BCUT2D eigenvalue weighted by molar-refractivity contribution is 6.31. The fraction of sp³-hybridized carbons (Fsp3) is 0.200. The van der Waals surface area contributed by atoms with E-state index in [-0.39, 0.29) is 17.0 Å². The summed E-state index contributed by atoms with van der Waals surface area (Å²) in [7, 11) is 0. The van der Waals surface area contributed by atoms with Gasteiger partial charge in [-0.05, 0) is 40.8 Å². The molecule has 0 spiro atoms. The van der Waals surface area contributed by atoms with E-state index in [9.17, 15) is 4.79 Å². The first kappa shape index (κ1) is 16.5. The van der Waals surface area contributed by atoms with Crippen LogP contribution in [0.3, 0.4) is 0 Å². The van der Waals surface area contributed by atoms with Crippen molar-refractivity contribution in [1.82, 2.24) is 0 Å². The molecular weight excluding hydrogens is 322 g/mol. The van der Waals surface area contributed by atoms with E-state index in [0.717, 1.165) is 5.56 Å². The predicted octanol–water partition coefficient (Wildman–Crippen LogP) is 4.98. The lowest BCUT2D eigenvalue weighted by Crippen LogP contribution is -2.10. The number of ether oxygens (including phenoxy) is 1. The lowest BCUT2D eigenvalue weighted by Gasteiger charge is -2.18. The van der Waals surface area contributed by atoms with Crippen LogP contribution >= 0.6 is 11.6 Å². The summed E-state index contributed by atoms with van der Waals surface area (Å²) in [6.07, 6.45) is 1.73. The van der Waals surface area contributed by atoms with E-state index in [0.29, 0.717) is 10.6 Å². The summed E-state index contributed by atoms with van der Waals surface area (Å²) in [5, 5.41) is 0.571. The first-order valence-electron chi connectivity index (χ1n) is 7.72. The largest absolute Gasteiger partial charge is 0.402 e. The van der Waals surface area contributed by atoms with Gasteiger partial charge in [0.25, 0.3) is 0 Å². The second kappa shape index (κ2) is 6.25. The molecule has 1 aliphatic rings. The van der Waals surface area contributed by atoms with E-state index >= 15 is 0 Å². The van der Waals surface area contributed by atoms with E-state index in [4.69, 9.17) is 16.3 Å². The molecule has 3 rings (SSSR count). The van der Waals surface area contributed by atoms with Crippen LogP contribution in [0, 0.1) is 0 Å². The number of carbonyl (C=O) groups is 1. The molecule has 0 atom stereocenters. The normalized spacial score (nSPS) is 16.2. The van der Waals surface area contributed by atoms with Gasteiger partial charge in [-0.3, -0.25) is 0 Å². The van der Waals surface area contributed by atoms with Gasteiger partial charge in [0.2, 0.25) is 5.90 Å². The van der Waals surface area contributed by atoms with Gasteiger partial charge >= 0.3 is 5.97 Å². The lowest BCUT2D eigenvalue weighted by atomic mass is 9.87. The van der Waals surface area contributed by atoms with Crippen LogP contribution in [-0.2, 0) is 14.9 Å². The minimum absolute atomic E-state index is 0.0931. The zero-order valence-corrected chi connectivity index (χ0v) is 14.6.